The van der Waals surface area contributed by atoms with Crippen LogP contribution in [0.2, 0.25) is 0 Å². The molecule has 5 unspecified atom stereocenters. The minimum Gasteiger partial charge on any atom is -0.379 e. The maximum absolute atomic E-state index is 15.5. The summed E-state index contributed by atoms with van der Waals surface area (Å²) in [4.78, 5) is 36.5. The fourth-order valence-electron chi connectivity index (χ4n) is 8.11. The lowest BCUT2D eigenvalue weighted by Gasteiger charge is -2.53. The van der Waals surface area contributed by atoms with Crippen LogP contribution in [0.3, 0.4) is 0 Å². The quantitative estimate of drug-likeness (QED) is 0.460. The molecule has 4 aliphatic rings. The number of alkyl halides is 6. The van der Waals surface area contributed by atoms with Crippen LogP contribution in [0.15, 0.2) is 40.9 Å². The molecule has 1 aromatic heterocycles. The summed E-state index contributed by atoms with van der Waals surface area (Å²) in [5, 5.41) is 12.7. The van der Waals surface area contributed by atoms with Gasteiger partial charge in [-0.15, -0.1) is 0 Å². The van der Waals surface area contributed by atoms with Gasteiger partial charge < -0.3 is 19.5 Å². The number of likely N-dealkylation sites (tertiary alicyclic amines) is 2. The highest BCUT2D eigenvalue weighted by atomic mass is 19.4. The molecule has 2 saturated heterocycles. The molecule has 1 aliphatic carbocycles. The normalized spacial score (nSPS) is 29.8. The van der Waals surface area contributed by atoms with Gasteiger partial charge in [0.1, 0.15) is 17.2 Å². The number of hydrogen-bond acceptors (Lipinski definition) is 5. The topological polar surface area (TPSA) is 91.0 Å². The molecule has 3 aliphatic heterocycles. The fraction of sp³-hybridized carbons (Fsp3) is 0.677. The molecule has 0 bridgehead atoms. The van der Waals surface area contributed by atoms with Gasteiger partial charge in [-0.3, -0.25) is 14.6 Å². The smallest absolute Gasteiger partial charge is 0.379 e. The number of halogens is 6. The van der Waals surface area contributed by atoms with Gasteiger partial charge in [0.25, 0.3) is 0 Å². The lowest BCUT2D eigenvalue weighted by molar-refractivity contribution is -0.252. The molecule has 4 heterocycles. The predicted molar refractivity (Wildman–Crippen MR) is 152 cm³/mol. The van der Waals surface area contributed by atoms with Crippen molar-refractivity contribution in [2.75, 3.05) is 26.2 Å². The van der Waals surface area contributed by atoms with Crippen LogP contribution in [0.5, 0.6) is 0 Å². The van der Waals surface area contributed by atoms with E-state index in [0.29, 0.717) is 51.4 Å². The summed E-state index contributed by atoms with van der Waals surface area (Å²) in [5.41, 5.74) is -6.77. The van der Waals surface area contributed by atoms with Gasteiger partial charge in [-0.25, -0.2) is 4.98 Å². The SMILES string of the molecule is CC(=O)N1CCC(C(O)(C2=CC=C3N=C(C(F)(F)F)C(C(=O)N4CCCCC4)C(C)(C(F)(F)F)C3C2C)c2cncn2C)CC1. The lowest BCUT2D eigenvalue weighted by Crippen LogP contribution is -2.63. The number of rotatable bonds is 4. The highest BCUT2D eigenvalue weighted by Crippen LogP contribution is 2.62. The molecule has 2 amide bonds. The Balaban J connectivity index is 1.68. The minimum atomic E-state index is -5.29. The van der Waals surface area contributed by atoms with Crippen LogP contribution < -0.4 is 0 Å². The first kappa shape index (κ1) is 33.2. The van der Waals surface area contributed by atoms with Crippen LogP contribution >= 0.6 is 0 Å². The monoisotopic (exact) mass is 643 g/mol. The zero-order valence-corrected chi connectivity index (χ0v) is 25.8. The third-order valence-electron chi connectivity index (χ3n) is 10.5. The first-order valence-corrected chi connectivity index (χ1v) is 15.3. The van der Waals surface area contributed by atoms with Gasteiger partial charge in [0.2, 0.25) is 11.8 Å². The number of allylic oxidation sites excluding steroid dienone is 3. The number of fused-ring (bicyclic) bond motifs is 1. The van der Waals surface area contributed by atoms with Crippen LogP contribution in [0, 0.1) is 29.1 Å². The number of hydrogen-bond donors (Lipinski definition) is 1. The van der Waals surface area contributed by atoms with Crippen molar-refractivity contribution in [3.8, 4) is 0 Å². The Morgan fingerprint density at radius 3 is 2.11 bits per heavy atom. The highest BCUT2D eigenvalue weighted by molar-refractivity contribution is 6.09. The van der Waals surface area contributed by atoms with Crippen LogP contribution in [-0.2, 0) is 22.2 Å². The summed E-state index contributed by atoms with van der Waals surface area (Å²) < 4.78 is 91.7. The number of imidazole rings is 1. The van der Waals surface area contributed by atoms with Gasteiger partial charge in [0, 0.05) is 57.7 Å². The van der Waals surface area contributed by atoms with E-state index in [2.05, 4.69) is 9.98 Å². The van der Waals surface area contributed by atoms with E-state index in [1.165, 1.54) is 32.4 Å². The van der Waals surface area contributed by atoms with Crippen molar-refractivity contribution in [2.45, 2.75) is 70.8 Å². The zero-order valence-electron chi connectivity index (χ0n) is 25.8. The van der Waals surface area contributed by atoms with Crippen molar-refractivity contribution in [1.29, 1.82) is 0 Å². The summed E-state index contributed by atoms with van der Waals surface area (Å²) in [6.45, 7) is 4.37. The second-order valence-electron chi connectivity index (χ2n) is 13.0. The van der Waals surface area contributed by atoms with Crippen LogP contribution in [0.25, 0.3) is 0 Å². The molecule has 0 radical (unpaired) electrons. The number of aliphatic imine (C=N–C) groups is 1. The second kappa shape index (κ2) is 11.6. The Hall–Kier alpha value is -3.16. The average Bonchev–Trinajstić information content (AvgIpc) is 3.42. The standard InChI is InChI=1S/C31H39F6N5O3/c1-18-21(29(45,23-16-38-17-40(23)4)20-10-14-41(15-11-20)19(2)43)8-9-22-24(18)28(3,31(35,36)37)25(26(39-22)30(32,33)34)27(44)42-12-6-5-7-13-42/h8-9,16-18,20,24-25,45H,5-7,10-15H2,1-4H3. The Morgan fingerprint density at radius 2 is 1.60 bits per heavy atom. The molecule has 14 heteroatoms. The number of aryl methyl sites for hydroxylation is 1. The number of carbonyl (C=O) groups excluding carboxylic acids is 2. The van der Waals surface area contributed by atoms with E-state index >= 15 is 13.2 Å². The molecule has 45 heavy (non-hydrogen) atoms. The molecule has 0 saturated carbocycles. The summed E-state index contributed by atoms with van der Waals surface area (Å²) in [5.74, 6) is -7.43. The van der Waals surface area contributed by atoms with Crippen LogP contribution in [0.4, 0.5) is 26.3 Å². The van der Waals surface area contributed by atoms with Gasteiger partial charge in [-0.2, -0.15) is 26.3 Å². The lowest BCUT2D eigenvalue weighted by atomic mass is 9.54. The van der Waals surface area contributed by atoms with E-state index in [9.17, 15) is 27.9 Å². The second-order valence-corrected chi connectivity index (χ2v) is 13.0. The van der Waals surface area contributed by atoms with E-state index in [4.69, 9.17) is 0 Å². The van der Waals surface area contributed by atoms with Gasteiger partial charge in [-0.05, 0) is 56.6 Å². The Bertz CT molecular complexity index is 1420. The first-order chi connectivity index (χ1) is 20.9. The molecule has 0 aromatic carbocycles. The molecular weight excluding hydrogens is 604 g/mol. The van der Waals surface area contributed by atoms with Crippen molar-refractivity contribution < 1.29 is 41.0 Å². The van der Waals surface area contributed by atoms with Gasteiger partial charge >= 0.3 is 12.4 Å². The molecule has 8 nitrogen and oxygen atoms in total. The number of nitrogens with zero attached hydrogens (tertiary/aromatic N) is 5. The van der Waals surface area contributed by atoms with Crippen molar-refractivity contribution in [3.63, 3.8) is 0 Å². The summed E-state index contributed by atoms with van der Waals surface area (Å²) in [6, 6.07) is 0. The van der Waals surface area contributed by atoms with Crippen molar-refractivity contribution in [2.24, 2.45) is 41.1 Å². The molecule has 0 spiro atoms. The maximum Gasteiger partial charge on any atom is 0.430 e. The van der Waals surface area contributed by atoms with E-state index in [1.807, 2.05) is 0 Å². The maximum atomic E-state index is 15.5. The fourth-order valence-corrected chi connectivity index (χ4v) is 8.11. The highest BCUT2D eigenvalue weighted by Gasteiger charge is 2.71. The van der Waals surface area contributed by atoms with Crippen LogP contribution in [0.1, 0.15) is 58.6 Å². The Kier molecular flexibility index (Phi) is 8.54. The Morgan fingerprint density at radius 1 is 0.978 bits per heavy atom. The van der Waals surface area contributed by atoms with E-state index in [-0.39, 0.29) is 24.6 Å². The number of piperidine rings is 2. The van der Waals surface area contributed by atoms with Gasteiger partial charge in [0.15, 0.2) is 0 Å². The summed E-state index contributed by atoms with van der Waals surface area (Å²) >= 11 is 0. The number of carbonyl (C=O) groups is 2. The van der Waals surface area contributed by atoms with Crippen molar-refractivity contribution in [1.82, 2.24) is 19.4 Å². The number of aromatic nitrogens is 2. The van der Waals surface area contributed by atoms with Gasteiger partial charge in [0.05, 0.1) is 23.6 Å². The summed E-state index contributed by atoms with van der Waals surface area (Å²) in [6.07, 6.45) is -2.81. The molecule has 5 atom stereocenters. The molecule has 1 aromatic rings. The molecule has 2 fully saturated rings. The molecular formula is C31H39F6N5O3. The van der Waals surface area contributed by atoms with E-state index in [0.717, 1.165) is 17.4 Å². The minimum absolute atomic E-state index is 0.0711. The third-order valence-corrected chi connectivity index (χ3v) is 10.5. The number of aliphatic hydroxyl groups is 1. The van der Waals surface area contributed by atoms with Crippen molar-refractivity contribution >= 4 is 17.5 Å². The summed E-state index contributed by atoms with van der Waals surface area (Å²) in [7, 11) is 1.64. The molecule has 1 N–H and O–H groups in total. The molecule has 248 valence electrons. The average molecular weight is 644 g/mol. The van der Waals surface area contributed by atoms with E-state index in [1.54, 1.807) is 16.5 Å². The third kappa shape index (κ3) is 5.40. The number of amides is 2. The van der Waals surface area contributed by atoms with E-state index < -0.39 is 64.4 Å². The Labute approximate surface area is 257 Å². The van der Waals surface area contributed by atoms with Gasteiger partial charge in [-0.1, -0.05) is 13.0 Å². The predicted octanol–water partition coefficient (Wildman–Crippen LogP) is 5.16. The molecule has 5 rings (SSSR count). The first-order valence-electron chi connectivity index (χ1n) is 15.3. The van der Waals surface area contributed by atoms with Crippen molar-refractivity contribution in [3.05, 3.63) is 41.6 Å². The van der Waals surface area contributed by atoms with Crippen LogP contribution in [-0.4, -0.2) is 80.5 Å². The largest absolute Gasteiger partial charge is 0.430 e. The zero-order chi connectivity index (χ0) is 33.1.